The Kier molecular flexibility index (Phi) is 8.55. The normalized spacial score (nSPS) is 11.2. The molecule has 0 spiro atoms. The van der Waals surface area contributed by atoms with Crippen molar-refractivity contribution in [2.45, 2.75) is 25.8 Å². The van der Waals surface area contributed by atoms with Crippen molar-refractivity contribution < 1.29 is 31.5 Å². The number of para-hydroxylation sites is 1. The van der Waals surface area contributed by atoms with E-state index < -0.39 is 41.0 Å². The van der Waals surface area contributed by atoms with Gasteiger partial charge in [-0.05, 0) is 47.5 Å². The molecule has 1 aromatic heterocycles. The molecule has 0 fully saturated rings. The topological polar surface area (TPSA) is 74.3 Å². The first kappa shape index (κ1) is 27.7. The third kappa shape index (κ3) is 7.60. The SMILES string of the molecule is O=C(NCc1ccc(F)cc1)c1csc(CN(Cc2ccc(F)cc2)C(=O)Nc2ccccc2C(F)(F)F)n1. The fraction of sp³-hybridized carbons (Fsp3) is 0.148. The number of carbonyl (C=O) groups excluding carboxylic acids is 2. The van der Waals surface area contributed by atoms with E-state index in [0.29, 0.717) is 16.1 Å². The number of amides is 3. The number of rotatable bonds is 8. The molecule has 202 valence electrons. The van der Waals surface area contributed by atoms with Crippen LogP contribution in [0.25, 0.3) is 0 Å². The lowest BCUT2D eigenvalue weighted by atomic mass is 10.1. The third-order valence-electron chi connectivity index (χ3n) is 5.52. The van der Waals surface area contributed by atoms with Gasteiger partial charge in [0.2, 0.25) is 0 Å². The summed E-state index contributed by atoms with van der Waals surface area (Å²) in [6, 6.07) is 14.7. The van der Waals surface area contributed by atoms with Crippen LogP contribution in [0.1, 0.15) is 32.2 Å². The predicted octanol–water partition coefficient (Wildman–Crippen LogP) is 6.60. The number of nitrogens with one attached hydrogen (secondary N) is 2. The Balaban J connectivity index is 1.49. The van der Waals surface area contributed by atoms with Gasteiger partial charge in [0.15, 0.2) is 0 Å². The molecule has 2 N–H and O–H groups in total. The van der Waals surface area contributed by atoms with Crippen LogP contribution in [-0.2, 0) is 25.8 Å². The Morgan fingerprint density at radius 1 is 0.846 bits per heavy atom. The van der Waals surface area contributed by atoms with Gasteiger partial charge in [0.1, 0.15) is 22.3 Å². The molecule has 0 saturated carbocycles. The molecular formula is C27H21F5N4O2S. The van der Waals surface area contributed by atoms with Crippen molar-refractivity contribution in [1.29, 1.82) is 0 Å². The van der Waals surface area contributed by atoms with Crippen LogP contribution >= 0.6 is 11.3 Å². The van der Waals surface area contributed by atoms with E-state index in [1.54, 1.807) is 0 Å². The first-order chi connectivity index (χ1) is 18.6. The highest BCUT2D eigenvalue weighted by Gasteiger charge is 2.34. The van der Waals surface area contributed by atoms with E-state index in [0.717, 1.165) is 23.5 Å². The lowest BCUT2D eigenvalue weighted by Gasteiger charge is -2.23. The fourth-order valence-electron chi connectivity index (χ4n) is 3.57. The van der Waals surface area contributed by atoms with Gasteiger partial charge in [-0.3, -0.25) is 4.79 Å². The van der Waals surface area contributed by atoms with Crippen LogP contribution in [0.15, 0.2) is 78.2 Å². The molecule has 39 heavy (non-hydrogen) atoms. The molecule has 3 amide bonds. The number of urea groups is 1. The predicted molar refractivity (Wildman–Crippen MR) is 136 cm³/mol. The maximum atomic E-state index is 13.4. The molecular weight excluding hydrogens is 539 g/mol. The number of benzene rings is 3. The molecule has 0 saturated heterocycles. The number of nitrogens with zero attached hydrogens (tertiary/aromatic N) is 2. The largest absolute Gasteiger partial charge is 0.418 e. The Hall–Kier alpha value is -4.32. The van der Waals surface area contributed by atoms with Crippen LogP contribution in [0.4, 0.5) is 32.4 Å². The Morgan fingerprint density at radius 3 is 2.10 bits per heavy atom. The van der Waals surface area contributed by atoms with Crippen LogP contribution < -0.4 is 10.6 Å². The zero-order valence-corrected chi connectivity index (χ0v) is 21.0. The number of thiazole rings is 1. The second kappa shape index (κ2) is 12.0. The number of aromatic nitrogens is 1. The molecule has 4 rings (SSSR count). The summed E-state index contributed by atoms with van der Waals surface area (Å²) in [6.07, 6.45) is -4.68. The second-order valence-corrected chi connectivity index (χ2v) is 9.33. The molecule has 0 unspecified atom stereocenters. The minimum Gasteiger partial charge on any atom is -0.347 e. The van der Waals surface area contributed by atoms with Gasteiger partial charge < -0.3 is 15.5 Å². The van der Waals surface area contributed by atoms with Crippen molar-refractivity contribution in [2.24, 2.45) is 0 Å². The van der Waals surface area contributed by atoms with Crippen LogP contribution in [-0.4, -0.2) is 21.8 Å². The fourth-order valence-corrected chi connectivity index (χ4v) is 4.36. The Morgan fingerprint density at radius 2 is 1.46 bits per heavy atom. The monoisotopic (exact) mass is 560 g/mol. The van der Waals surface area contributed by atoms with Crippen molar-refractivity contribution >= 4 is 29.0 Å². The first-order valence-corrected chi connectivity index (χ1v) is 12.4. The lowest BCUT2D eigenvalue weighted by molar-refractivity contribution is -0.136. The number of alkyl halides is 3. The van der Waals surface area contributed by atoms with E-state index in [1.807, 2.05) is 0 Å². The molecule has 0 aliphatic rings. The van der Waals surface area contributed by atoms with Gasteiger partial charge in [-0.25, -0.2) is 18.6 Å². The number of hydrogen-bond acceptors (Lipinski definition) is 4. The van der Waals surface area contributed by atoms with Gasteiger partial charge in [-0.2, -0.15) is 13.2 Å². The van der Waals surface area contributed by atoms with Gasteiger partial charge in [-0.1, -0.05) is 36.4 Å². The lowest BCUT2D eigenvalue weighted by Crippen LogP contribution is -2.34. The zero-order valence-electron chi connectivity index (χ0n) is 20.1. The number of carbonyl (C=O) groups is 2. The maximum Gasteiger partial charge on any atom is 0.418 e. The Bertz CT molecular complexity index is 1440. The molecule has 6 nitrogen and oxygen atoms in total. The number of anilines is 1. The van der Waals surface area contributed by atoms with Crippen molar-refractivity contribution in [3.05, 3.63) is 117 Å². The van der Waals surface area contributed by atoms with Crippen LogP contribution in [0.5, 0.6) is 0 Å². The molecule has 4 aromatic rings. The zero-order chi connectivity index (χ0) is 28.0. The second-order valence-electron chi connectivity index (χ2n) is 8.39. The highest BCUT2D eigenvalue weighted by Crippen LogP contribution is 2.34. The quantitative estimate of drug-likeness (QED) is 0.239. The summed E-state index contributed by atoms with van der Waals surface area (Å²) >= 11 is 1.09. The maximum absolute atomic E-state index is 13.4. The molecule has 0 aliphatic carbocycles. The van der Waals surface area contributed by atoms with Crippen molar-refractivity contribution in [3.8, 4) is 0 Å². The third-order valence-corrected chi connectivity index (χ3v) is 6.36. The first-order valence-electron chi connectivity index (χ1n) is 11.5. The Labute approximate surface area is 224 Å². The molecule has 0 bridgehead atoms. The molecule has 12 heteroatoms. The van der Waals surface area contributed by atoms with Gasteiger partial charge in [0.25, 0.3) is 5.91 Å². The molecule has 0 aliphatic heterocycles. The summed E-state index contributed by atoms with van der Waals surface area (Å²) in [6.45, 7) is -0.0526. The average Bonchev–Trinajstić information content (AvgIpc) is 3.37. The smallest absolute Gasteiger partial charge is 0.347 e. The van der Waals surface area contributed by atoms with Gasteiger partial charge >= 0.3 is 12.2 Å². The molecule has 3 aromatic carbocycles. The van der Waals surface area contributed by atoms with E-state index in [9.17, 15) is 31.5 Å². The van der Waals surface area contributed by atoms with Crippen molar-refractivity contribution in [1.82, 2.24) is 15.2 Å². The number of halogens is 5. The highest BCUT2D eigenvalue weighted by atomic mass is 32.1. The van der Waals surface area contributed by atoms with Gasteiger partial charge in [0.05, 0.1) is 17.8 Å². The van der Waals surface area contributed by atoms with Crippen LogP contribution in [0, 0.1) is 11.6 Å². The van der Waals surface area contributed by atoms with E-state index >= 15 is 0 Å². The summed E-state index contributed by atoms with van der Waals surface area (Å²) in [7, 11) is 0. The van der Waals surface area contributed by atoms with E-state index in [4.69, 9.17) is 0 Å². The summed E-state index contributed by atoms with van der Waals surface area (Å²) in [5.74, 6) is -1.37. The highest BCUT2D eigenvalue weighted by molar-refractivity contribution is 7.09. The van der Waals surface area contributed by atoms with Crippen LogP contribution in [0.2, 0.25) is 0 Å². The summed E-state index contributed by atoms with van der Waals surface area (Å²) in [5, 5.41) is 6.81. The van der Waals surface area contributed by atoms with Crippen molar-refractivity contribution in [3.63, 3.8) is 0 Å². The standard InChI is InChI=1S/C27H21F5N4O2S/c28-19-9-5-17(6-10-19)13-33-25(37)23-16-39-24(34-23)15-36(14-18-7-11-20(29)12-8-18)26(38)35-22-4-2-1-3-21(22)27(30,31)32/h1-12,16H,13-15H2,(H,33,37)(H,35,38). The van der Waals surface area contributed by atoms with Crippen molar-refractivity contribution in [2.75, 3.05) is 5.32 Å². The molecule has 0 atom stereocenters. The van der Waals surface area contributed by atoms with E-state index in [1.165, 1.54) is 70.9 Å². The van der Waals surface area contributed by atoms with E-state index in [-0.39, 0.29) is 25.3 Å². The molecule has 0 radical (unpaired) electrons. The minimum absolute atomic E-state index is 0.0635. The summed E-state index contributed by atoms with van der Waals surface area (Å²) in [4.78, 5) is 31.1. The average molecular weight is 561 g/mol. The minimum atomic E-state index is -4.68. The van der Waals surface area contributed by atoms with E-state index in [2.05, 4.69) is 15.6 Å². The molecule has 1 heterocycles. The van der Waals surface area contributed by atoms with Gasteiger partial charge in [-0.15, -0.1) is 11.3 Å². The number of hydrogen-bond donors (Lipinski definition) is 2. The summed E-state index contributed by atoms with van der Waals surface area (Å²) < 4.78 is 66.8. The van der Waals surface area contributed by atoms with Crippen LogP contribution in [0.3, 0.4) is 0 Å². The van der Waals surface area contributed by atoms with Gasteiger partial charge in [0, 0.05) is 18.5 Å². The summed E-state index contributed by atoms with van der Waals surface area (Å²) in [5.41, 5.74) is -0.124.